The van der Waals surface area contributed by atoms with Crippen molar-refractivity contribution < 1.29 is 27.8 Å². The van der Waals surface area contributed by atoms with Crippen molar-refractivity contribution in [2.24, 2.45) is 4.99 Å². The molecule has 2 aliphatic heterocycles. The molecule has 2 heterocycles. The van der Waals surface area contributed by atoms with Crippen LogP contribution >= 0.6 is 23.2 Å². The Morgan fingerprint density at radius 1 is 0.863 bits per heavy atom. The van der Waals surface area contributed by atoms with Gasteiger partial charge in [-0.25, -0.2) is 0 Å². The Balaban J connectivity index is 1.42. The van der Waals surface area contributed by atoms with E-state index in [-0.39, 0.29) is 29.7 Å². The van der Waals surface area contributed by atoms with Crippen LogP contribution in [-0.2, 0) is 12.7 Å². The number of piperazine rings is 1. The molecule has 0 aliphatic carbocycles. The van der Waals surface area contributed by atoms with E-state index in [1.54, 1.807) is 55.1 Å². The molecule has 12 heteroatoms. The van der Waals surface area contributed by atoms with Crippen LogP contribution < -0.4 is 4.74 Å². The number of amides is 1. The van der Waals surface area contributed by atoms with Crippen molar-refractivity contribution in [1.29, 1.82) is 0 Å². The van der Waals surface area contributed by atoms with Gasteiger partial charge in [0.15, 0.2) is 0 Å². The number of nitrogens with zero attached hydrogens (tertiary/aromatic N) is 4. The van der Waals surface area contributed by atoms with Crippen LogP contribution in [0.4, 0.5) is 13.2 Å². The zero-order valence-electron chi connectivity index (χ0n) is 28.3. The third-order valence-corrected chi connectivity index (χ3v) is 9.61. The van der Waals surface area contributed by atoms with Gasteiger partial charge in [0.05, 0.1) is 29.9 Å². The summed E-state index contributed by atoms with van der Waals surface area (Å²) in [6, 6.07) is 23.7. The second-order valence-corrected chi connectivity index (χ2v) is 13.9. The largest absolute Gasteiger partial charge is 0.490 e. The number of alkyl halides is 3. The molecule has 1 saturated heterocycles. The Kier molecular flexibility index (Phi) is 11.4. The van der Waals surface area contributed by atoms with Gasteiger partial charge in [-0.2, -0.15) is 13.2 Å². The number of carbonyl (C=O) groups excluding carboxylic acids is 1. The Labute approximate surface area is 305 Å². The van der Waals surface area contributed by atoms with E-state index in [1.165, 1.54) is 6.07 Å². The van der Waals surface area contributed by atoms with E-state index in [4.69, 9.17) is 32.9 Å². The van der Waals surface area contributed by atoms with E-state index in [0.717, 1.165) is 55.0 Å². The molecule has 2 aliphatic rings. The number of hydrogen-bond acceptors (Lipinski definition) is 6. The van der Waals surface area contributed by atoms with Crippen molar-refractivity contribution in [1.82, 2.24) is 14.7 Å². The zero-order valence-corrected chi connectivity index (χ0v) is 29.8. The molecule has 6 rings (SSSR count). The van der Waals surface area contributed by atoms with Crippen LogP contribution in [0.1, 0.15) is 64.1 Å². The van der Waals surface area contributed by atoms with E-state index in [1.807, 2.05) is 36.4 Å². The number of amidine groups is 1. The number of aliphatic imine (C=N–C) groups is 1. The van der Waals surface area contributed by atoms with Gasteiger partial charge in [-0.1, -0.05) is 59.6 Å². The van der Waals surface area contributed by atoms with E-state index >= 15 is 0 Å². The first-order valence-electron chi connectivity index (χ1n) is 16.9. The van der Waals surface area contributed by atoms with E-state index in [2.05, 4.69) is 9.80 Å². The first-order chi connectivity index (χ1) is 24.4. The number of carbonyl (C=O) groups is 1. The summed E-state index contributed by atoms with van der Waals surface area (Å²) < 4.78 is 47.7. The summed E-state index contributed by atoms with van der Waals surface area (Å²) in [6.45, 7) is 8.48. The van der Waals surface area contributed by atoms with E-state index < -0.39 is 29.9 Å². The minimum atomic E-state index is -4.60. The first-order valence-corrected chi connectivity index (χ1v) is 17.6. The molecule has 0 saturated carbocycles. The third kappa shape index (κ3) is 8.59. The van der Waals surface area contributed by atoms with Crippen molar-refractivity contribution in [2.45, 2.75) is 44.8 Å². The van der Waals surface area contributed by atoms with Crippen LogP contribution in [0.15, 0.2) is 96.0 Å². The van der Waals surface area contributed by atoms with Gasteiger partial charge in [-0.15, -0.1) is 0 Å². The van der Waals surface area contributed by atoms with Crippen molar-refractivity contribution in [3.05, 3.63) is 134 Å². The summed E-state index contributed by atoms with van der Waals surface area (Å²) in [5.41, 5.74) is 2.33. The maximum atomic E-state index is 14.8. The second kappa shape index (κ2) is 15.8. The fraction of sp³-hybridized carbons (Fsp3) is 0.333. The molecular weight excluding hydrogens is 700 g/mol. The summed E-state index contributed by atoms with van der Waals surface area (Å²) in [5, 5.41) is 10.3. The van der Waals surface area contributed by atoms with Crippen LogP contribution in [0, 0.1) is 0 Å². The van der Waals surface area contributed by atoms with Gasteiger partial charge in [-0.3, -0.25) is 24.5 Å². The molecule has 0 spiro atoms. The molecule has 2 unspecified atom stereocenters. The van der Waals surface area contributed by atoms with Gasteiger partial charge < -0.3 is 9.84 Å². The summed E-state index contributed by atoms with van der Waals surface area (Å²) >= 11 is 12.5. The number of rotatable bonds is 10. The molecule has 1 fully saturated rings. The van der Waals surface area contributed by atoms with Crippen LogP contribution in [0.5, 0.6) is 5.75 Å². The lowest BCUT2D eigenvalue weighted by Crippen LogP contribution is -2.46. The topological polar surface area (TPSA) is 68.6 Å². The molecule has 4 aromatic carbocycles. The molecule has 0 bridgehead atoms. The minimum Gasteiger partial charge on any atom is -0.490 e. The van der Waals surface area contributed by atoms with Crippen molar-refractivity contribution >= 4 is 34.9 Å². The van der Waals surface area contributed by atoms with E-state index in [0.29, 0.717) is 28.7 Å². The average molecular weight is 740 g/mol. The van der Waals surface area contributed by atoms with Gasteiger partial charge in [0.25, 0.3) is 5.91 Å². The zero-order chi connectivity index (χ0) is 36.3. The van der Waals surface area contributed by atoms with Crippen LogP contribution in [0.2, 0.25) is 10.0 Å². The monoisotopic (exact) mass is 738 g/mol. The van der Waals surface area contributed by atoms with Crippen molar-refractivity contribution in [3.8, 4) is 5.75 Å². The summed E-state index contributed by atoms with van der Waals surface area (Å²) in [4.78, 5) is 26.0. The molecule has 268 valence electrons. The lowest BCUT2D eigenvalue weighted by molar-refractivity contribution is -0.137. The number of hydrogen-bond donors (Lipinski definition) is 1. The predicted octanol–water partition coefficient (Wildman–Crippen LogP) is 8.29. The number of ether oxygens (including phenoxy) is 1. The maximum absolute atomic E-state index is 14.8. The molecule has 0 radical (unpaired) electrons. The molecule has 0 aromatic heterocycles. The molecule has 51 heavy (non-hydrogen) atoms. The first kappa shape index (κ1) is 36.8. The van der Waals surface area contributed by atoms with Crippen molar-refractivity contribution in [3.63, 3.8) is 0 Å². The normalized spacial score (nSPS) is 18.7. The highest BCUT2D eigenvalue weighted by Gasteiger charge is 2.44. The Morgan fingerprint density at radius 3 is 2.02 bits per heavy atom. The molecule has 2 atom stereocenters. The molecule has 1 N–H and O–H groups in total. The highest BCUT2D eigenvalue weighted by Crippen LogP contribution is 2.46. The van der Waals surface area contributed by atoms with Crippen LogP contribution in [-0.4, -0.2) is 77.0 Å². The van der Waals surface area contributed by atoms with E-state index in [9.17, 15) is 23.1 Å². The highest BCUT2D eigenvalue weighted by molar-refractivity contribution is 6.30. The quantitative estimate of drug-likeness (QED) is 0.177. The van der Waals surface area contributed by atoms with Gasteiger partial charge in [0.2, 0.25) is 0 Å². The standard InChI is InChI=1S/C39H39Cl2F3N4O3/c1-25(2)51-34-23-30(39(42,43)44)11-16-33(34)37-45-35(27-7-12-31(40)13-8-27)36(28-9-14-32(41)15-10-28)48(37)38(50)29-5-3-26(4-6-29)24-47-19-17-46(18-20-47)21-22-49/h3-16,23,25,35-36,49H,17-22,24H2,1-2H3. The average Bonchev–Trinajstić information content (AvgIpc) is 3.49. The summed E-state index contributed by atoms with van der Waals surface area (Å²) in [6.07, 6.45) is -5.06. The van der Waals surface area contributed by atoms with Gasteiger partial charge in [0.1, 0.15) is 17.6 Å². The summed E-state index contributed by atoms with van der Waals surface area (Å²) in [5.74, 6) is -0.212. The third-order valence-electron chi connectivity index (χ3n) is 9.11. The SMILES string of the molecule is CC(C)Oc1cc(C(F)(F)F)ccc1C1=NC(c2ccc(Cl)cc2)C(c2ccc(Cl)cc2)N1C(=O)c1ccc(CN2CCN(CCO)CC2)cc1. The molecule has 4 aromatic rings. The second-order valence-electron chi connectivity index (χ2n) is 13.0. The lowest BCUT2D eigenvalue weighted by atomic mass is 9.93. The van der Waals surface area contributed by atoms with Crippen LogP contribution in [0.25, 0.3) is 0 Å². The maximum Gasteiger partial charge on any atom is 0.416 e. The number of aliphatic hydroxyl groups excluding tert-OH is 1. The fourth-order valence-electron chi connectivity index (χ4n) is 6.56. The van der Waals surface area contributed by atoms with Crippen LogP contribution in [0.3, 0.4) is 0 Å². The Hall–Kier alpha value is -3.93. The number of halogens is 5. The molecular formula is C39H39Cl2F3N4O3. The van der Waals surface area contributed by atoms with Gasteiger partial charge >= 0.3 is 6.18 Å². The van der Waals surface area contributed by atoms with Gasteiger partial charge in [0, 0.05) is 54.9 Å². The van der Waals surface area contributed by atoms with Crippen molar-refractivity contribution in [2.75, 3.05) is 39.3 Å². The number of aliphatic hydroxyl groups is 1. The Morgan fingerprint density at radius 2 is 1.45 bits per heavy atom. The summed E-state index contributed by atoms with van der Waals surface area (Å²) in [7, 11) is 0. The fourth-order valence-corrected chi connectivity index (χ4v) is 6.82. The van der Waals surface area contributed by atoms with Gasteiger partial charge in [-0.05, 0) is 85.1 Å². The predicted molar refractivity (Wildman–Crippen MR) is 194 cm³/mol. The minimum absolute atomic E-state index is 0.0302. The number of β-amino-alcohol motifs (C(OH)–C–C–N with tert-alkyl or cyclic N) is 1. The molecule has 7 nitrogen and oxygen atoms in total. The highest BCUT2D eigenvalue weighted by atomic mass is 35.5. The Bertz CT molecular complexity index is 1840. The lowest BCUT2D eigenvalue weighted by Gasteiger charge is -2.34. The smallest absolute Gasteiger partial charge is 0.416 e. The number of benzene rings is 4. The molecule has 1 amide bonds.